The van der Waals surface area contributed by atoms with Gasteiger partial charge in [0.05, 0.1) is 19.8 Å². The van der Waals surface area contributed by atoms with Crippen LogP contribution in [0.1, 0.15) is 200 Å². The molecule has 0 spiro atoms. The fourth-order valence-electron chi connectivity index (χ4n) is 6.85. The largest absolute Gasteiger partial charge is 0.457 e. The number of ether oxygens (including phenoxy) is 4. The fourth-order valence-corrected chi connectivity index (χ4v) is 6.85. The number of aliphatic hydroxyl groups is 4. The van der Waals surface area contributed by atoms with Crippen molar-refractivity contribution in [2.24, 2.45) is 0 Å². The maximum Gasteiger partial charge on any atom is 0.306 e. The normalized spacial score (nSPS) is 21.3. The van der Waals surface area contributed by atoms with Crippen LogP contribution in [-0.4, -0.2) is 89.6 Å². The van der Waals surface area contributed by atoms with Gasteiger partial charge in [-0.05, 0) is 12.8 Å². The zero-order valence-corrected chi connectivity index (χ0v) is 33.1. The minimum Gasteiger partial charge on any atom is -0.457 e. The SMILES string of the molecule is CCCCCCCCCCCCCCCCCCCCCCCCCOCC(COC1OC(CO)C(O)C(O)C1O)OC(=O)CCCCCCC. The highest BCUT2D eigenvalue weighted by Gasteiger charge is 2.44. The van der Waals surface area contributed by atoms with Crippen molar-refractivity contribution < 1.29 is 44.2 Å². The molecule has 0 aliphatic carbocycles. The topological polar surface area (TPSA) is 135 Å². The molecular weight excluding hydrogens is 648 g/mol. The minimum atomic E-state index is -1.53. The molecule has 1 aliphatic heterocycles. The third-order valence-corrected chi connectivity index (χ3v) is 10.3. The molecule has 4 N–H and O–H groups in total. The van der Waals surface area contributed by atoms with Crippen LogP contribution in [0.25, 0.3) is 0 Å². The molecule has 6 unspecified atom stereocenters. The number of carbonyl (C=O) groups is 1. The Balaban J connectivity index is 2.08. The Hall–Kier alpha value is -0.810. The quantitative estimate of drug-likeness (QED) is 0.0365. The summed E-state index contributed by atoms with van der Waals surface area (Å²) in [6.07, 6.45) is 29.0. The molecule has 1 aliphatic rings. The van der Waals surface area contributed by atoms with E-state index < -0.39 is 43.4 Å². The second-order valence-corrected chi connectivity index (χ2v) is 15.2. The van der Waals surface area contributed by atoms with Crippen LogP contribution < -0.4 is 0 Å². The summed E-state index contributed by atoms with van der Waals surface area (Å²) in [6.45, 7) is 4.50. The van der Waals surface area contributed by atoms with Gasteiger partial charge in [0.25, 0.3) is 0 Å². The van der Waals surface area contributed by atoms with Gasteiger partial charge in [0.1, 0.15) is 30.5 Å². The summed E-state index contributed by atoms with van der Waals surface area (Å²) in [7, 11) is 0. The molecule has 0 amide bonds. The van der Waals surface area contributed by atoms with Gasteiger partial charge in [0.2, 0.25) is 0 Å². The maximum atomic E-state index is 12.5. The second-order valence-electron chi connectivity index (χ2n) is 15.2. The highest BCUT2D eigenvalue weighted by molar-refractivity contribution is 5.69. The van der Waals surface area contributed by atoms with Crippen molar-refractivity contribution >= 4 is 5.97 Å². The van der Waals surface area contributed by atoms with E-state index in [9.17, 15) is 25.2 Å². The first kappa shape index (κ1) is 48.2. The van der Waals surface area contributed by atoms with Crippen LogP contribution in [0.3, 0.4) is 0 Å². The van der Waals surface area contributed by atoms with Crippen molar-refractivity contribution in [2.75, 3.05) is 26.4 Å². The van der Waals surface area contributed by atoms with E-state index in [0.717, 1.165) is 44.9 Å². The van der Waals surface area contributed by atoms with E-state index >= 15 is 0 Å². The molecule has 0 aromatic heterocycles. The average molecular weight is 731 g/mol. The van der Waals surface area contributed by atoms with Gasteiger partial charge in [-0.15, -0.1) is 0 Å². The summed E-state index contributed by atoms with van der Waals surface area (Å²) < 4.78 is 22.6. The third kappa shape index (κ3) is 26.6. The molecular formula is C42H82O9. The molecule has 9 heteroatoms. The lowest BCUT2D eigenvalue weighted by Crippen LogP contribution is -2.59. The maximum absolute atomic E-state index is 12.5. The number of hydrogen-bond donors (Lipinski definition) is 4. The van der Waals surface area contributed by atoms with E-state index in [-0.39, 0.29) is 19.2 Å². The summed E-state index contributed by atoms with van der Waals surface area (Å²) in [5, 5.41) is 39.8. The van der Waals surface area contributed by atoms with Crippen molar-refractivity contribution in [2.45, 2.75) is 237 Å². The monoisotopic (exact) mass is 731 g/mol. The highest BCUT2D eigenvalue weighted by atomic mass is 16.7. The standard InChI is InChI=1S/C42H82O9/c1-3-5-7-9-10-11-12-13-14-15-16-17-18-19-20-21-22-23-24-25-26-28-30-32-48-34-36(50-38(44)31-29-27-8-6-4-2)35-49-42-41(47)40(46)39(45)37(33-43)51-42/h36-37,39-43,45-47H,3-35H2,1-2H3. The Morgan fingerprint density at radius 1 is 0.549 bits per heavy atom. The van der Waals surface area contributed by atoms with Gasteiger partial charge < -0.3 is 39.4 Å². The van der Waals surface area contributed by atoms with Gasteiger partial charge in [-0.3, -0.25) is 4.79 Å². The Bertz CT molecular complexity index is 752. The smallest absolute Gasteiger partial charge is 0.306 e. The Morgan fingerprint density at radius 3 is 1.39 bits per heavy atom. The molecule has 0 bridgehead atoms. The third-order valence-electron chi connectivity index (χ3n) is 10.3. The van der Waals surface area contributed by atoms with Gasteiger partial charge in [-0.1, -0.05) is 181 Å². The fraction of sp³-hybridized carbons (Fsp3) is 0.976. The van der Waals surface area contributed by atoms with Gasteiger partial charge in [0.15, 0.2) is 6.29 Å². The lowest BCUT2D eigenvalue weighted by atomic mass is 9.99. The zero-order chi connectivity index (χ0) is 37.2. The number of carbonyl (C=O) groups excluding carboxylic acids is 1. The van der Waals surface area contributed by atoms with Crippen molar-refractivity contribution in [3.63, 3.8) is 0 Å². The zero-order valence-electron chi connectivity index (χ0n) is 33.1. The summed E-state index contributed by atoms with van der Waals surface area (Å²) in [5.41, 5.74) is 0. The van der Waals surface area contributed by atoms with Crippen LogP contribution in [0.4, 0.5) is 0 Å². The molecule has 304 valence electrons. The molecule has 6 atom stereocenters. The molecule has 1 fully saturated rings. The molecule has 9 nitrogen and oxygen atoms in total. The molecule has 0 saturated carbocycles. The van der Waals surface area contributed by atoms with E-state index in [1.165, 1.54) is 135 Å². The van der Waals surface area contributed by atoms with Crippen molar-refractivity contribution in [1.29, 1.82) is 0 Å². The summed E-state index contributed by atoms with van der Waals surface area (Å²) in [6, 6.07) is 0. The van der Waals surface area contributed by atoms with E-state index in [0.29, 0.717) is 13.0 Å². The summed E-state index contributed by atoms with van der Waals surface area (Å²) in [5.74, 6) is -0.322. The second kappa shape index (κ2) is 34.9. The van der Waals surface area contributed by atoms with Crippen LogP contribution in [0, 0.1) is 0 Å². The summed E-state index contributed by atoms with van der Waals surface area (Å²) in [4.78, 5) is 12.5. The van der Waals surface area contributed by atoms with Gasteiger partial charge in [-0.25, -0.2) is 0 Å². The lowest BCUT2D eigenvalue weighted by Gasteiger charge is -2.39. The van der Waals surface area contributed by atoms with Gasteiger partial charge in [0, 0.05) is 13.0 Å². The Morgan fingerprint density at radius 2 is 0.961 bits per heavy atom. The number of unbranched alkanes of at least 4 members (excludes halogenated alkanes) is 26. The van der Waals surface area contributed by atoms with Crippen LogP contribution in [0.5, 0.6) is 0 Å². The summed E-state index contributed by atoms with van der Waals surface area (Å²) >= 11 is 0. The predicted molar refractivity (Wildman–Crippen MR) is 206 cm³/mol. The predicted octanol–water partition coefficient (Wildman–Crippen LogP) is 9.08. The van der Waals surface area contributed by atoms with Crippen LogP contribution in [0.2, 0.25) is 0 Å². The lowest BCUT2D eigenvalue weighted by molar-refractivity contribution is -0.305. The number of aliphatic hydroxyl groups excluding tert-OH is 4. The molecule has 0 aromatic carbocycles. The molecule has 51 heavy (non-hydrogen) atoms. The van der Waals surface area contributed by atoms with Crippen molar-refractivity contribution in [1.82, 2.24) is 0 Å². The van der Waals surface area contributed by atoms with E-state index in [2.05, 4.69) is 13.8 Å². The van der Waals surface area contributed by atoms with Crippen molar-refractivity contribution in [3.05, 3.63) is 0 Å². The van der Waals surface area contributed by atoms with Crippen molar-refractivity contribution in [3.8, 4) is 0 Å². The molecule has 1 rings (SSSR count). The first-order chi connectivity index (χ1) is 24.9. The van der Waals surface area contributed by atoms with Crippen LogP contribution >= 0.6 is 0 Å². The number of rotatable bonds is 37. The van der Waals surface area contributed by atoms with E-state index in [4.69, 9.17) is 18.9 Å². The van der Waals surface area contributed by atoms with Gasteiger partial charge >= 0.3 is 5.97 Å². The van der Waals surface area contributed by atoms with E-state index in [1.807, 2.05) is 0 Å². The number of hydrogen-bond acceptors (Lipinski definition) is 9. The molecule has 0 aromatic rings. The Labute approximate surface area is 312 Å². The van der Waals surface area contributed by atoms with Crippen LogP contribution in [-0.2, 0) is 23.7 Å². The molecule has 0 radical (unpaired) electrons. The van der Waals surface area contributed by atoms with E-state index in [1.54, 1.807) is 0 Å². The van der Waals surface area contributed by atoms with Gasteiger partial charge in [-0.2, -0.15) is 0 Å². The molecule has 1 saturated heterocycles. The van der Waals surface area contributed by atoms with Crippen LogP contribution in [0.15, 0.2) is 0 Å². The average Bonchev–Trinajstić information content (AvgIpc) is 3.13. The molecule has 1 heterocycles. The first-order valence-electron chi connectivity index (χ1n) is 21.6. The Kier molecular flexibility index (Phi) is 33.0. The number of esters is 1. The highest BCUT2D eigenvalue weighted by Crippen LogP contribution is 2.23. The first-order valence-corrected chi connectivity index (χ1v) is 21.6. The minimum absolute atomic E-state index is 0.107.